The summed E-state index contributed by atoms with van der Waals surface area (Å²) in [5.74, 6) is -2.22. The molecule has 0 amide bonds. The number of carboxylic acids is 1. The topological polar surface area (TPSA) is 76.5 Å². The van der Waals surface area contributed by atoms with Gasteiger partial charge in [0, 0.05) is 17.0 Å². The van der Waals surface area contributed by atoms with Crippen molar-refractivity contribution in [1.82, 2.24) is 4.98 Å². The van der Waals surface area contributed by atoms with Crippen molar-refractivity contribution in [3.05, 3.63) is 137 Å². The molecule has 7 rings (SSSR count). The average molecular weight is 538 g/mol. The minimum Gasteiger partial charge on any atom is -0.476 e. The van der Waals surface area contributed by atoms with Gasteiger partial charge in [0.2, 0.25) is 0 Å². The molecule has 1 heterocycles. The molecular weight excluding hydrogens is 510 g/mol. The van der Waals surface area contributed by atoms with Gasteiger partial charge in [0.1, 0.15) is 6.61 Å². The number of carbonyl (C=O) groups is 2. The number of rotatable bonds is 5. The third kappa shape index (κ3) is 4.49. The van der Waals surface area contributed by atoms with E-state index in [1.165, 1.54) is 21.7 Å². The van der Waals surface area contributed by atoms with Gasteiger partial charge < -0.3 is 9.84 Å². The first kappa shape index (κ1) is 25.0. The number of ether oxygens (including phenoxy) is 1. The zero-order valence-corrected chi connectivity index (χ0v) is 22.3. The Hall–Kier alpha value is -5.03. The summed E-state index contributed by atoms with van der Waals surface area (Å²) in [6, 6.07) is 35.9. The van der Waals surface area contributed by atoms with E-state index in [0.29, 0.717) is 23.9 Å². The van der Waals surface area contributed by atoms with Crippen LogP contribution in [-0.4, -0.2) is 22.0 Å². The maximum absolute atomic E-state index is 13.7. The number of carboxylic acid groups (broad SMARTS) is 1. The number of aromatic carboxylic acids is 1. The lowest BCUT2D eigenvalue weighted by atomic mass is 9.72. The van der Waals surface area contributed by atoms with Gasteiger partial charge in [0.15, 0.2) is 5.69 Å². The van der Waals surface area contributed by atoms with Gasteiger partial charge >= 0.3 is 11.9 Å². The molecule has 2 atom stereocenters. The van der Waals surface area contributed by atoms with Crippen LogP contribution >= 0.6 is 0 Å². The molecule has 0 saturated heterocycles. The first-order valence-electron chi connectivity index (χ1n) is 13.8. The molecule has 0 fully saturated rings. The van der Waals surface area contributed by atoms with Crippen LogP contribution in [0.2, 0.25) is 0 Å². The molecule has 0 bridgehead atoms. The zero-order chi connectivity index (χ0) is 27.9. The first-order chi connectivity index (χ1) is 20.1. The number of fused-ring (bicyclic) bond motifs is 6. The predicted molar refractivity (Wildman–Crippen MR) is 160 cm³/mol. The zero-order valence-electron chi connectivity index (χ0n) is 22.3. The lowest BCUT2D eigenvalue weighted by Gasteiger charge is -2.32. The normalized spacial score (nSPS) is 16.5. The Morgan fingerprint density at radius 2 is 1.44 bits per heavy atom. The van der Waals surface area contributed by atoms with Crippen LogP contribution in [0.5, 0.6) is 0 Å². The molecule has 5 nitrogen and oxygen atoms in total. The molecule has 0 radical (unpaired) electrons. The fourth-order valence-corrected chi connectivity index (χ4v) is 6.34. The Bertz CT molecular complexity index is 1960. The standard InChI is InChI=1S/C36H27NO4/c38-35(39)34-27-13-7-5-11-24(27)19-33(37-34)31-20-30-25(18-32(31)36(40)41-21-22-8-2-1-3-9-22)15-17-28-26-12-6-4-10-23(26)14-16-29(28)30/h1-17,19,31-32H,18,20-21H2,(H,38,39)/t31-,32?/m1/s1. The maximum atomic E-state index is 13.7. The first-order valence-corrected chi connectivity index (χ1v) is 13.8. The van der Waals surface area contributed by atoms with Crippen LogP contribution in [0.4, 0.5) is 0 Å². The Balaban J connectivity index is 1.36. The van der Waals surface area contributed by atoms with Gasteiger partial charge in [-0.1, -0.05) is 103 Å². The molecule has 0 aliphatic heterocycles. The minimum absolute atomic E-state index is 0.00390. The highest BCUT2D eigenvalue weighted by atomic mass is 16.5. The van der Waals surface area contributed by atoms with E-state index in [0.717, 1.165) is 21.9 Å². The summed E-state index contributed by atoms with van der Waals surface area (Å²) >= 11 is 0. The number of aromatic nitrogens is 1. The third-order valence-electron chi connectivity index (χ3n) is 8.35. The van der Waals surface area contributed by atoms with Gasteiger partial charge in [-0.25, -0.2) is 9.78 Å². The lowest BCUT2D eigenvalue weighted by molar-refractivity contribution is -0.151. The highest BCUT2D eigenvalue weighted by Crippen LogP contribution is 2.42. The molecule has 1 aliphatic carbocycles. The van der Waals surface area contributed by atoms with Crippen molar-refractivity contribution in [3.8, 4) is 0 Å². The highest BCUT2D eigenvalue weighted by molar-refractivity contribution is 6.09. The monoisotopic (exact) mass is 537 g/mol. The number of hydrogen-bond donors (Lipinski definition) is 1. The number of nitrogens with zero attached hydrogens (tertiary/aromatic N) is 1. The van der Waals surface area contributed by atoms with E-state index >= 15 is 0 Å². The second-order valence-electron chi connectivity index (χ2n) is 10.7. The van der Waals surface area contributed by atoms with E-state index in [4.69, 9.17) is 4.74 Å². The molecule has 0 saturated carbocycles. The van der Waals surface area contributed by atoms with Crippen molar-refractivity contribution >= 4 is 44.3 Å². The predicted octanol–water partition coefficient (Wildman–Crippen LogP) is 7.48. The SMILES string of the molecule is O=C(O)c1nc([C@@H]2Cc3c(ccc4c3ccc3ccccc34)CC2C(=O)OCc2ccccc2)cc2ccccc12. The molecule has 5 aromatic carbocycles. The summed E-state index contributed by atoms with van der Waals surface area (Å²) in [5, 5.41) is 16.1. The summed E-state index contributed by atoms with van der Waals surface area (Å²) in [6.45, 7) is 0.186. The van der Waals surface area contributed by atoms with Crippen molar-refractivity contribution in [1.29, 1.82) is 0 Å². The molecule has 41 heavy (non-hydrogen) atoms. The van der Waals surface area contributed by atoms with Gasteiger partial charge in [-0.05, 0) is 62.5 Å². The van der Waals surface area contributed by atoms with E-state index in [-0.39, 0.29) is 24.2 Å². The maximum Gasteiger partial charge on any atom is 0.355 e. The van der Waals surface area contributed by atoms with E-state index < -0.39 is 11.9 Å². The van der Waals surface area contributed by atoms with Gasteiger partial charge in [-0.2, -0.15) is 0 Å². The van der Waals surface area contributed by atoms with Gasteiger partial charge in [-0.15, -0.1) is 0 Å². The van der Waals surface area contributed by atoms with Gasteiger partial charge in [0.05, 0.1) is 5.92 Å². The second kappa shape index (κ2) is 10.2. The summed E-state index contributed by atoms with van der Waals surface area (Å²) in [4.78, 5) is 30.7. The summed E-state index contributed by atoms with van der Waals surface area (Å²) in [6.07, 6.45) is 1.05. The van der Waals surface area contributed by atoms with E-state index in [1.807, 2.05) is 60.7 Å². The fraction of sp³-hybridized carbons (Fsp3) is 0.139. The molecule has 1 unspecified atom stereocenters. The summed E-state index contributed by atoms with van der Waals surface area (Å²) < 4.78 is 5.86. The Morgan fingerprint density at radius 1 is 0.732 bits per heavy atom. The molecule has 200 valence electrons. The number of carbonyl (C=O) groups excluding carboxylic acids is 1. The van der Waals surface area contributed by atoms with E-state index in [2.05, 4.69) is 47.4 Å². The molecule has 1 aromatic heterocycles. The van der Waals surface area contributed by atoms with Crippen molar-refractivity contribution in [2.75, 3.05) is 0 Å². The Labute approximate surface area is 237 Å². The highest BCUT2D eigenvalue weighted by Gasteiger charge is 2.38. The molecule has 1 aliphatic rings. The average Bonchev–Trinajstić information content (AvgIpc) is 3.02. The number of benzene rings is 5. The van der Waals surface area contributed by atoms with E-state index in [9.17, 15) is 14.7 Å². The van der Waals surface area contributed by atoms with Gasteiger partial charge in [0.25, 0.3) is 0 Å². The third-order valence-corrected chi connectivity index (χ3v) is 8.35. The second-order valence-corrected chi connectivity index (χ2v) is 10.7. The van der Waals surface area contributed by atoms with Crippen molar-refractivity contribution < 1.29 is 19.4 Å². The number of pyridine rings is 1. The Morgan fingerprint density at radius 3 is 2.24 bits per heavy atom. The van der Waals surface area contributed by atoms with Crippen LogP contribution in [0.25, 0.3) is 32.3 Å². The number of esters is 1. The quantitative estimate of drug-likeness (QED) is 0.182. The summed E-state index contributed by atoms with van der Waals surface area (Å²) in [7, 11) is 0. The van der Waals surface area contributed by atoms with Gasteiger partial charge in [-0.3, -0.25) is 4.79 Å². The minimum atomic E-state index is -1.08. The number of hydrogen-bond acceptors (Lipinski definition) is 4. The summed E-state index contributed by atoms with van der Waals surface area (Å²) in [5.41, 5.74) is 3.82. The smallest absolute Gasteiger partial charge is 0.355 e. The Kier molecular flexibility index (Phi) is 6.20. The van der Waals surface area contributed by atoms with Crippen LogP contribution in [0.1, 0.15) is 38.8 Å². The van der Waals surface area contributed by atoms with Crippen LogP contribution in [0.3, 0.4) is 0 Å². The van der Waals surface area contributed by atoms with E-state index in [1.54, 1.807) is 6.07 Å². The van der Waals surface area contributed by atoms with Crippen LogP contribution in [0.15, 0.2) is 109 Å². The lowest BCUT2D eigenvalue weighted by Crippen LogP contribution is -2.32. The van der Waals surface area contributed by atoms with Crippen molar-refractivity contribution in [3.63, 3.8) is 0 Å². The molecule has 5 heteroatoms. The molecule has 1 N–H and O–H groups in total. The van der Waals surface area contributed by atoms with Crippen LogP contribution in [0, 0.1) is 5.92 Å². The van der Waals surface area contributed by atoms with Crippen LogP contribution < -0.4 is 0 Å². The molecular formula is C36H27NO4. The molecule has 6 aromatic rings. The fourth-order valence-electron chi connectivity index (χ4n) is 6.34. The van der Waals surface area contributed by atoms with Crippen molar-refractivity contribution in [2.45, 2.75) is 25.4 Å². The molecule has 0 spiro atoms. The van der Waals surface area contributed by atoms with Crippen LogP contribution in [-0.2, 0) is 29.0 Å². The largest absolute Gasteiger partial charge is 0.476 e. The van der Waals surface area contributed by atoms with Crippen molar-refractivity contribution in [2.24, 2.45) is 5.92 Å².